The molecule has 3 aromatic rings. The van der Waals surface area contributed by atoms with Crippen LogP contribution in [0, 0.1) is 0 Å². The Kier molecular flexibility index (Phi) is 6.39. The molecular formula is C22H23ClN4O3. The second kappa shape index (κ2) is 9.54. The minimum atomic E-state index is -0.258. The van der Waals surface area contributed by atoms with Gasteiger partial charge in [-0.25, -0.2) is 9.78 Å². The van der Waals surface area contributed by atoms with Crippen molar-refractivity contribution >= 4 is 34.4 Å². The molecule has 0 aliphatic carbocycles. The highest BCUT2D eigenvalue weighted by molar-refractivity contribution is 6.32. The van der Waals surface area contributed by atoms with Gasteiger partial charge in [-0.15, -0.1) is 0 Å². The maximum absolute atomic E-state index is 12.1. The lowest BCUT2D eigenvalue weighted by Crippen LogP contribution is -2.37. The quantitative estimate of drug-likeness (QED) is 0.519. The number of nitrogens with zero attached hydrogens (tertiary/aromatic N) is 1. The number of rotatable bonds is 6. The number of benzene rings is 2. The number of urea groups is 1. The molecule has 0 fully saturated rings. The van der Waals surface area contributed by atoms with E-state index in [9.17, 15) is 4.79 Å². The van der Waals surface area contributed by atoms with E-state index < -0.39 is 0 Å². The topological polar surface area (TPSA) is 84.5 Å². The van der Waals surface area contributed by atoms with Crippen molar-refractivity contribution in [2.45, 2.75) is 13.0 Å². The molecule has 1 aliphatic rings. The zero-order valence-corrected chi connectivity index (χ0v) is 17.2. The number of hydrogen-bond donors (Lipinski definition) is 3. The van der Waals surface area contributed by atoms with Crippen LogP contribution in [0.4, 0.5) is 10.6 Å². The van der Waals surface area contributed by atoms with Gasteiger partial charge in [-0.05, 0) is 35.9 Å². The summed E-state index contributed by atoms with van der Waals surface area (Å²) in [6, 6.07) is 15.3. The average molecular weight is 427 g/mol. The van der Waals surface area contributed by atoms with Crippen LogP contribution >= 0.6 is 11.6 Å². The first-order chi connectivity index (χ1) is 14.7. The first-order valence-corrected chi connectivity index (χ1v) is 10.3. The summed E-state index contributed by atoms with van der Waals surface area (Å²) < 4.78 is 11.3. The second-order valence-electron chi connectivity index (χ2n) is 6.88. The Morgan fingerprint density at radius 1 is 1.03 bits per heavy atom. The van der Waals surface area contributed by atoms with Gasteiger partial charge >= 0.3 is 6.03 Å². The van der Waals surface area contributed by atoms with Gasteiger partial charge in [0.15, 0.2) is 11.5 Å². The molecule has 156 valence electrons. The fourth-order valence-corrected chi connectivity index (χ4v) is 3.45. The third-order valence-corrected chi connectivity index (χ3v) is 4.91. The van der Waals surface area contributed by atoms with Crippen molar-refractivity contribution in [2.24, 2.45) is 0 Å². The third-order valence-electron chi connectivity index (χ3n) is 4.63. The summed E-state index contributed by atoms with van der Waals surface area (Å²) in [4.78, 5) is 16.6. The van der Waals surface area contributed by atoms with E-state index >= 15 is 0 Å². The number of carbonyl (C=O) groups excluding carboxylic acids is 1. The van der Waals surface area contributed by atoms with Gasteiger partial charge in [0.2, 0.25) is 0 Å². The zero-order valence-electron chi connectivity index (χ0n) is 16.4. The number of hydrogen-bond acceptors (Lipinski definition) is 5. The van der Waals surface area contributed by atoms with E-state index in [4.69, 9.17) is 21.1 Å². The standard InChI is InChI=1S/C22H23ClN4O3/c23-17-12-15(13-19-21(17)30-11-3-10-29-19)14-26-22(28)25-9-8-24-20-7-6-16-4-1-2-5-18(16)27-20/h1-2,4-7,12-13H,3,8-11,14H2,(H,24,27)(H2,25,26,28). The smallest absolute Gasteiger partial charge is 0.315 e. The predicted octanol–water partition coefficient (Wildman–Crippen LogP) is 3.96. The summed E-state index contributed by atoms with van der Waals surface area (Å²) in [5.41, 5.74) is 1.78. The molecule has 0 atom stereocenters. The van der Waals surface area contributed by atoms with Crippen LogP contribution in [0.1, 0.15) is 12.0 Å². The second-order valence-corrected chi connectivity index (χ2v) is 7.29. The molecule has 2 amide bonds. The van der Waals surface area contributed by atoms with Gasteiger partial charge in [0.05, 0.1) is 23.8 Å². The Morgan fingerprint density at radius 3 is 2.83 bits per heavy atom. The van der Waals surface area contributed by atoms with E-state index in [-0.39, 0.29) is 6.03 Å². The van der Waals surface area contributed by atoms with Crippen LogP contribution in [-0.4, -0.2) is 37.3 Å². The Labute approximate surface area is 179 Å². The summed E-state index contributed by atoms with van der Waals surface area (Å²) in [6.07, 6.45) is 0.809. The SMILES string of the molecule is O=C(NCCNc1ccc2ccccc2n1)NCc1cc(Cl)c2c(c1)OCCCO2. The molecule has 0 spiro atoms. The first kappa shape index (κ1) is 20.1. The molecule has 30 heavy (non-hydrogen) atoms. The summed E-state index contributed by atoms with van der Waals surface area (Å²) in [7, 11) is 0. The molecule has 0 radical (unpaired) electrons. The summed E-state index contributed by atoms with van der Waals surface area (Å²) in [5, 5.41) is 10.4. The van der Waals surface area contributed by atoms with Gasteiger partial charge in [0, 0.05) is 31.4 Å². The number of pyridine rings is 1. The number of carbonyl (C=O) groups is 1. The highest BCUT2D eigenvalue weighted by Gasteiger charge is 2.15. The van der Waals surface area contributed by atoms with Crippen molar-refractivity contribution in [1.82, 2.24) is 15.6 Å². The van der Waals surface area contributed by atoms with Crippen LogP contribution in [0.15, 0.2) is 48.5 Å². The normalized spacial score (nSPS) is 12.8. The maximum Gasteiger partial charge on any atom is 0.315 e. The molecule has 4 rings (SSSR count). The number of fused-ring (bicyclic) bond motifs is 2. The van der Waals surface area contributed by atoms with Gasteiger partial charge in [-0.2, -0.15) is 0 Å². The van der Waals surface area contributed by atoms with Crippen molar-refractivity contribution in [3.05, 3.63) is 59.1 Å². The molecule has 0 saturated heterocycles. The number of anilines is 1. The monoisotopic (exact) mass is 426 g/mol. The van der Waals surface area contributed by atoms with E-state index in [0.717, 1.165) is 28.7 Å². The molecule has 8 heteroatoms. The van der Waals surface area contributed by atoms with E-state index in [1.807, 2.05) is 42.5 Å². The third kappa shape index (κ3) is 5.04. The molecule has 2 aromatic carbocycles. The number of ether oxygens (including phenoxy) is 2. The van der Waals surface area contributed by atoms with E-state index in [0.29, 0.717) is 49.4 Å². The highest BCUT2D eigenvalue weighted by Crippen LogP contribution is 2.37. The molecule has 0 bridgehead atoms. The molecule has 1 aliphatic heterocycles. The molecule has 7 nitrogen and oxygen atoms in total. The predicted molar refractivity (Wildman–Crippen MR) is 118 cm³/mol. The molecule has 3 N–H and O–H groups in total. The van der Waals surface area contributed by atoms with Crippen LogP contribution < -0.4 is 25.4 Å². The number of amides is 2. The van der Waals surface area contributed by atoms with Crippen LogP contribution in [0.2, 0.25) is 5.02 Å². The van der Waals surface area contributed by atoms with Gasteiger partial charge in [0.1, 0.15) is 5.82 Å². The minimum Gasteiger partial charge on any atom is -0.489 e. The number of para-hydroxylation sites is 1. The van der Waals surface area contributed by atoms with E-state index in [1.54, 1.807) is 6.07 Å². The first-order valence-electron chi connectivity index (χ1n) is 9.88. The van der Waals surface area contributed by atoms with Crippen molar-refractivity contribution in [1.29, 1.82) is 0 Å². The maximum atomic E-state index is 12.1. The van der Waals surface area contributed by atoms with E-state index in [1.165, 1.54) is 0 Å². The van der Waals surface area contributed by atoms with Gasteiger partial charge < -0.3 is 25.4 Å². The number of nitrogens with one attached hydrogen (secondary N) is 3. The van der Waals surface area contributed by atoms with Crippen LogP contribution in [0.25, 0.3) is 10.9 Å². The van der Waals surface area contributed by atoms with Crippen molar-refractivity contribution in [3.63, 3.8) is 0 Å². The minimum absolute atomic E-state index is 0.258. The molecule has 1 aromatic heterocycles. The number of halogens is 1. The lowest BCUT2D eigenvalue weighted by atomic mass is 10.2. The van der Waals surface area contributed by atoms with Gasteiger partial charge in [-0.1, -0.05) is 29.8 Å². The molecule has 2 heterocycles. The average Bonchev–Trinajstić information content (AvgIpc) is 3.01. The van der Waals surface area contributed by atoms with Crippen molar-refractivity contribution in [2.75, 3.05) is 31.6 Å². The number of aromatic nitrogens is 1. The van der Waals surface area contributed by atoms with Gasteiger partial charge in [0.25, 0.3) is 0 Å². The van der Waals surface area contributed by atoms with Crippen LogP contribution in [-0.2, 0) is 6.54 Å². The van der Waals surface area contributed by atoms with Crippen LogP contribution in [0.5, 0.6) is 11.5 Å². The van der Waals surface area contributed by atoms with Crippen molar-refractivity contribution < 1.29 is 14.3 Å². The lowest BCUT2D eigenvalue weighted by molar-refractivity contribution is 0.241. The van der Waals surface area contributed by atoms with E-state index in [2.05, 4.69) is 20.9 Å². The Hall–Kier alpha value is -3.19. The van der Waals surface area contributed by atoms with Gasteiger partial charge in [-0.3, -0.25) is 0 Å². The summed E-state index contributed by atoms with van der Waals surface area (Å²) in [6.45, 7) is 2.52. The fourth-order valence-electron chi connectivity index (χ4n) is 3.16. The Balaban J connectivity index is 1.22. The highest BCUT2D eigenvalue weighted by atomic mass is 35.5. The zero-order chi connectivity index (χ0) is 20.8. The lowest BCUT2D eigenvalue weighted by Gasteiger charge is -2.13. The molecule has 0 saturated carbocycles. The summed E-state index contributed by atoms with van der Waals surface area (Å²) in [5.74, 6) is 1.96. The Bertz CT molecular complexity index is 1040. The van der Waals surface area contributed by atoms with Crippen molar-refractivity contribution in [3.8, 4) is 11.5 Å². The Morgan fingerprint density at radius 2 is 1.90 bits per heavy atom. The largest absolute Gasteiger partial charge is 0.489 e. The molecule has 0 unspecified atom stereocenters. The fraction of sp³-hybridized carbons (Fsp3) is 0.273. The molecular weight excluding hydrogens is 404 g/mol. The van der Waals surface area contributed by atoms with Crippen LogP contribution in [0.3, 0.4) is 0 Å². The summed E-state index contributed by atoms with van der Waals surface area (Å²) >= 11 is 6.28.